The molecule has 3 aromatic rings. The number of amides is 2. The molecule has 1 saturated carbocycles. The van der Waals surface area contributed by atoms with Crippen LogP contribution in [0.25, 0.3) is 11.5 Å². The number of aliphatic carboxylic acids is 1. The number of halogens is 1. The Hall–Kier alpha value is -4.28. The lowest BCUT2D eigenvalue weighted by molar-refractivity contribution is -0.147. The molecule has 37 heavy (non-hydrogen) atoms. The van der Waals surface area contributed by atoms with Gasteiger partial charge in [0.15, 0.2) is 0 Å². The molecule has 0 spiro atoms. The number of carbonyl (C=O) groups is 3. The van der Waals surface area contributed by atoms with Crippen LogP contribution >= 0.6 is 0 Å². The van der Waals surface area contributed by atoms with E-state index in [1.807, 2.05) is 0 Å². The van der Waals surface area contributed by atoms with Gasteiger partial charge in [0.1, 0.15) is 29.0 Å². The van der Waals surface area contributed by atoms with Crippen LogP contribution in [0.4, 0.5) is 20.6 Å². The van der Waals surface area contributed by atoms with E-state index in [-0.39, 0.29) is 22.9 Å². The Labute approximate surface area is 212 Å². The number of benzene rings is 1. The number of carboxylic acid groups (broad SMARTS) is 1. The summed E-state index contributed by atoms with van der Waals surface area (Å²) < 4.78 is 24.7. The standard InChI is InChI=1S/C26H27FN4O6/c1-14-22(30-26(35)36-15(2)17-7-5-6-10-20(17)27)23(37-31-14)21-12-11-16(13-28-21)29-24(32)18-8-3-4-9-19(18)25(33)34/h5-7,10-13,15,18-19H,3-4,8-9H2,1-2H3,(H,29,32)(H,30,35)(H,33,34)/t15-,18?,19?/m1/s1. The van der Waals surface area contributed by atoms with E-state index >= 15 is 0 Å². The first-order chi connectivity index (χ1) is 17.7. The number of hydrogen-bond acceptors (Lipinski definition) is 7. The van der Waals surface area contributed by atoms with Crippen molar-refractivity contribution < 1.29 is 33.1 Å². The average Bonchev–Trinajstić information content (AvgIpc) is 3.24. The largest absolute Gasteiger partial charge is 0.481 e. The van der Waals surface area contributed by atoms with Gasteiger partial charge >= 0.3 is 12.1 Å². The predicted molar refractivity (Wildman–Crippen MR) is 131 cm³/mol. The van der Waals surface area contributed by atoms with Gasteiger partial charge in [0.25, 0.3) is 0 Å². The van der Waals surface area contributed by atoms with E-state index in [1.54, 1.807) is 38.1 Å². The number of nitrogens with zero attached hydrogens (tertiary/aromatic N) is 2. The lowest BCUT2D eigenvalue weighted by Gasteiger charge is -2.27. The highest BCUT2D eigenvalue weighted by Crippen LogP contribution is 2.33. The average molecular weight is 511 g/mol. The number of aryl methyl sites for hydroxylation is 1. The van der Waals surface area contributed by atoms with Crippen LogP contribution in [-0.4, -0.2) is 33.2 Å². The molecule has 11 heteroatoms. The van der Waals surface area contributed by atoms with Crippen molar-refractivity contribution in [3.8, 4) is 11.5 Å². The quantitative estimate of drug-likeness (QED) is 0.387. The van der Waals surface area contributed by atoms with Crippen molar-refractivity contribution >= 4 is 29.3 Å². The van der Waals surface area contributed by atoms with E-state index < -0.39 is 35.8 Å². The number of aromatic nitrogens is 2. The van der Waals surface area contributed by atoms with E-state index in [4.69, 9.17) is 9.26 Å². The van der Waals surface area contributed by atoms with E-state index in [1.165, 1.54) is 18.3 Å². The maximum absolute atomic E-state index is 14.0. The summed E-state index contributed by atoms with van der Waals surface area (Å²) >= 11 is 0. The van der Waals surface area contributed by atoms with E-state index in [9.17, 15) is 23.9 Å². The van der Waals surface area contributed by atoms with Gasteiger partial charge in [-0.2, -0.15) is 0 Å². The minimum Gasteiger partial charge on any atom is -0.481 e. The zero-order valence-electron chi connectivity index (χ0n) is 20.4. The van der Waals surface area contributed by atoms with Crippen LogP contribution < -0.4 is 10.6 Å². The fraction of sp³-hybridized carbons (Fsp3) is 0.346. The molecule has 10 nitrogen and oxygen atoms in total. The predicted octanol–water partition coefficient (Wildman–Crippen LogP) is 5.32. The van der Waals surface area contributed by atoms with E-state index in [2.05, 4.69) is 20.8 Å². The van der Waals surface area contributed by atoms with Gasteiger partial charge in [-0.25, -0.2) is 9.18 Å². The molecular formula is C26H27FN4O6. The fourth-order valence-electron chi connectivity index (χ4n) is 4.43. The molecule has 0 radical (unpaired) electrons. The Bertz CT molecular complexity index is 1290. The van der Waals surface area contributed by atoms with Gasteiger partial charge in [0.05, 0.1) is 23.7 Å². The summed E-state index contributed by atoms with van der Waals surface area (Å²) in [6, 6.07) is 9.18. The summed E-state index contributed by atoms with van der Waals surface area (Å²) in [6.45, 7) is 3.18. The van der Waals surface area contributed by atoms with Crippen LogP contribution in [0.3, 0.4) is 0 Å². The Morgan fingerprint density at radius 3 is 2.51 bits per heavy atom. The Morgan fingerprint density at radius 1 is 1.11 bits per heavy atom. The summed E-state index contributed by atoms with van der Waals surface area (Å²) in [5.41, 5.74) is 1.58. The number of ether oxygens (including phenoxy) is 1. The van der Waals surface area contributed by atoms with Gasteiger partial charge in [-0.3, -0.25) is 19.9 Å². The third kappa shape index (κ3) is 5.93. The van der Waals surface area contributed by atoms with Crippen LogP contribution in [0.1, 0.15) is 50.0 Å². The number of carbonyl (C=O) groups excluding carboxylic acids is 2. The second-order valence-electron chi connectivity index (χ2n) is 8.92. The number of carboxylic acids is 1. The SMILES string of the molecule is Cc1noc(-c2ccc(NC(=O)C3CCCCC3C(=O)O)cn2)c1NC(=O)O[C@H](C)c1ccccc1F. The van der Waals surface area contributed by atoms with Crippen molar-refractivity contribution in [2.45, 2.75) is 45.6 Å². The molecule has 1 fully saturated rings. The third-order valence-corrected chi connectivity index (χ3v) is 6.40. The molecule has 194 valence electrons. The van der Waals surface area contributed by atoms with Crippen LogP contribution in [0.2, 0.25) is 0 Å². The topological polar surface area (TPSA) is 144 Å². The molecule has 0 aliphatic heterocycles. The molecule has 0 saturated heterocycles. The monoisotopic (exact) mass is 510 g/mol. The van der Waals surface area contributed by atoms with Crippen molar-refractivity contribution in [1.82, 2.24) is 10.1 Å². The van der Waals surface area contributed by atoms with E-state index in [0.29, 0.717) is 29.9 Å². The Morgan fingerprint density at radius 2 is 1.84 bits per heavy atom. The van der Waals surface area contributed by atoms with Gasteiger partial charge in [0, 0.05) is 5.56 Å². The Kier molecular flexibility index (Phi) is 7.80. The molecule has 2 unspecified atom stereocenters. The molecule has 1 aliphatic carbocycles. The summed E-state index contributed by atoms with van der Waals surface area (Å²) in [5, 5.41) is 18.6. The number of rotatable bonds is 7. The second kappa shape index (κ2) is 11.2. The van der Waals surface area contributed by atoms with E-state index in [0.717, 1.165) is 12.8 Å². The summed E-state index contributed by atoms with van der Waals surface area (Å²) in [6.07, 6.45) is 2.34. The zero-order valence-corrected chi connectivity index (χ0v) is 20.4. The summed E-state index contributed by atoms with van der Waals surface area (Å²) in [7, 11) is 0. The number of hydrogen-bond donors (Lipinski definition) is 3. The van der Waals surface area contributed by atoms with Crippen LogP contribution in [0.5, 0.6) is 0 Å². The molecular weight excluding hydrogens is 483 g/mol. The summed E-state index contributed by atoms with van der Waals surface area (Å²) in [5.74, 6) is -2.93. The molecule has 3 N–H and O–H groups in total. The van der Waals surface area contributed by atoms with Gasteiger partial charge in [0.2, 0.25) is 11.7 Å². The maximum atomic E-state index is 14.0. The minimum atomic E-state index is -0.962. The lowest BCUT2D eigenvalue weighted by atomic mass is 9.78. The first kappa shape index (κ1) is 25.8. The highest BCUT2D eigenvalue weighted by Gasteiger charge is 2.35. The number of nitrogens with one attached hydrogen (secondary N) is 2. The summed E-state index contributed by atoms with van der Waals surface area (Å²) in [4.78, 5) is 41.0. The van der Waals surface area contributed by atoms with Crippen molar-refractivity contribution in [1.29, 1.82) is 0 Å². The van der Waals surface area contributed by atoms with Crippen LogP contribution in [0.15, 0.2) is 47.1 Å². The van der Waals surface area contributed by atoms with Crippen LogP contribution in [-0.2, 0) is 14.3 Å². The molecule has 1 aromatic carbocycles. The highest BCUT2D eigenvalue weighted by atomic mass is 19.1. The first-order valence-electron chi connectivity index (χ1n) is 11.9. The van der Waals surface area contributed by atoms with Gasteiger partial charge < -0.3 is 19.7 Å². The van der Waals surface area contributed by atoms with Gasteiger partial charge in [-0.05, 0) is 44.9 Å². The molecule has 2 aromatic heterocycles. The minimum absolute atomic E-state index is 0.170. The first-order valence-corrected chi connectivity index (χ1v) is 11.9. The molecule has 4 rings (SSSR count). The van der Waals surface area contributed by atoms with Gasteiger partial charge in [-0.1, -0.05) is 36.2 Å². The van der Waals surface area contributed by atoms with Crippen molar-refractivity contribution in [3.05, 3.63) is 59.7 Å². The molecule has 2 amide bonds. The zero-order chi connectivity index (χ0) is 26.5. The van der Waals surface area contributed by atoms with Crippen molar-refractivity contribution in [3.63, 3.8) is 0 Å². The third-order valence-electron chi connectivity index (χ3n) is 6.40. The molecule has 2 heterocycles. The number of anilines is 2. The Balaban J connectivity index is 1.43. The van der Waals surface area contributed by atoms with Gasteiger partial charge in [-0.15, -0.1) is 0 Å². The maximum Gasteiger partial charge on any atom is 0.412 e. The molecule has 1 aliphatic rings. The van der Waals surface area contributed by atoms with Crippen molar-refractivity contribution in [2.24, 2.45) is 11.8 Å². The highest BCUT2D eigenvalue weighted by molar-refractivity contribution is 5.95. The number of pyridine rings is 1. The van der Waals surface area contributed by atoms with Crippen molar-refractivity contribution in [2.75, 3.05) is 10.6 Å². The van der Waals surface area contributed by atoms with Crippen LogP contribution in [0, 0.1) is 24.6 Å². The molecule has 3 atom stereocenters. The second-order valence-corrected chi connectivity index (χ2v) is 8.92. The molecule has 0 bridgehead atoms. The fourth-order valence-corrected chi connectivity index (χ4v) is 4.43. The smallest absolute Gasteiger partial charge is 0.412 e. The lowest BCUT2D eigenvalue weighted by Crippen LogP contribution is -2.36. The normalized spacial score (nSPS) is 18.0.